The van der Waals surface area contributed by atoms with Crippen molar-refractivity contribution in [1.82, 2.24) is 9.97 Å². The van der Waals surface area contributed by atoms with Gasteiger partial charge in [-0.15, -0.1) is 0 Å². The van der Waals surface area contributed by atoms with E-state index >= 15 is 0 Å². The van der Waals surface area contributed by atoms with Crippen LogP contribution in [0.1, 0.15) is 10.5 Å². The molecule has 1 heterocycles. The van der Waals surface area contributed by atoms with Crippen LogP contribution in [0, 0.1) is 0 Å². The molecule has 0 spiro atoms. The summed E-state index contributed by atoms with van der Waals surface area (Å²) in [4.78, 5) is 28.2. The van der Waals surface area contributed by atoms with Crippen LogP contribution in [0.25, 0.3) is 11.3 Å². The van der Waals surface area contributed by atoms with E-state index in [9.17, 15) is 9.59 Å². The summed E-state index contributed by atoms with van der Waals surface area (Å²) in [5.41, 5.74) is -0.0971. The monoisotopic (exact) mass is 294 g/mol. The summed E-state index contributed by atoms with van der Waals surface area (Å²) in [5.74, 6) is -1.34. The molecule has 2 rings (SSSR count). The molecule has 0 aliphatic rings. The minimum atomic E-state index is -1.34. The number of nitrogens with zero attached hydrogens (tertiary/aromatic N) is 1. The van der Waals surface area contributed by atoms with E-state index in [1.54, 1.807) is 18.2 Å². The molecule has 0 atom stereocenters. The largest absolute Gasteiger partial charge is 0.476 e. The van der Waals surface area contributed by atoms with Gasteiger partial charge in [-0.3, -0.25) is 4.79 Å². The van der Waals surface area contributed by atoms with Crippen LogP contribution in [-0.2, 0) is 0 Å². The molecule has 2 aromatic rings. The van der Waals surface area contributed by atoms with Gasteiger partial charge in [0.15, 0.2) is 0 Å². The topological polar surface area (TPSA) is 83.0 Å². The molecule has 1 aromatic carbocycles. The van der Waals surface area contributed by atoms with Gasteiger partial charge in [0.05, 0.1) is 5.69 Å². The minimum Gasteiger partial charge on any atom is -0.476 e. The molecule has 0 amide bonds. The third-order valence-electron chi connectivity index (χ3n) is 2.11. The van der Waals surface area contributed by atoms with E-state index in [2.05, 4.69) is 25.9 Å². The molecule has 5 nitrogen and oxygen atoms in total. The molecule has 0 saturated heterocycles. The highest BCUT2D eigenvalue weighted by molar-refractivity contribution is 9.10. The van der Waals surface area contributed by atoms with Crippen LogP contribution in [0.3, 0.4) is 0 Å². The van der Waals surface area contributed by atoms with Crippen LogP contribution in [0.15, 0.2) is 39.7 Å². The minimum absolute atomic E-state index is 0.406. The van der Waals surface area contributed by atoms with Crippen molar-refractivity contribution in [2.75, 3.05) is 0 Å². The summed E-state index contributed by atoms with van der Waals surface area (Å²) in [5, 5.41) is 8.80. The highest BCUT2D eigenvalue weighted by Gasteiger charge is 2.12. The fraction of sp³-hybridized carbons (Fsp3) is 0. The van der Waals surface area contributed by atoms with Gasteiger partial charge in [-0.1, -0.05) is 28.1 Å². The number of carbonyl (C=O) groups is 1. The molecule has 0 unspecified atom stereocenters. The molecular formula is C11H7BrN2O3. The van der Waals surface area contributed by atoms with Gasteiger partial charge in [-0.25, -0.2) is 9.78 Å². The number of H-pyrrole nitrogens is 1. The van der Waals surface area contributed by atoms with Gasteiger partial charge in [-0.2, -0.15) is 0 Å². The van der Waals surface area contributed by atoms with Crippen molar-refractivity contribution >= 4 is 21.9 Å². The number of aromatic amines is 1. The van der Waals surface area contributed by atoms with Crippen LogP contribution in [-0.4, -0.2) is 21.0 Å². The molecule has 1 aromatic heterocycles. The first-order chi connectivity index (χ1) is 8.08. The number of nitrogens with one attached hydrogen (secondary N) is 1. The molecule has 0 fully saturated rings. The Hall–Kier alpha value is -1.95. The van der Waals surface area contributed by atoms with Crippen molar-refractivity contribution in [3.05, 3.63) is 51.0 Å². The Morgan fingerprint density at radius 2 is 2.18 bits per heavy atom. The molecule has 0 aliphatic carbocycles. The van der Waals surface area contributed by atoms with Crippen LogP contribution in [0.5, 0.6) is 0 Å². The Balaban J connectivity index is 2.58. The molecule has 6 heteroatoms. The van der Waals surface area contributed by atoms with Crippen molar-refractivity contribution in [2.45, 2.75) is 0 Å². The Morgan fingerprint density at radius 1 is 1.41 bits per heavy atom. The predicted molar refractivity (Wildman–Crippen MR) is 65.0 cm³/mol. The number of aromatic nitrogens is 2. The van der Waals surface area contributed by atoms with E-state index in [1.807, 2.05) is 6.07 Å². The maximum Gasteiger partial charge on any atom is 0.360 e. The number of hydrogen-bond acceptors (Lipinski definition) is 3. The van der Waals surface area contributed by atoms with Gasteiger partial charge >= 0.3 is 5.97 Å². The lowest BCUT2D eigenvalue weighted by molar-refractivity contribution is 0.0688. The quantitative estimate of drug-likeness (QED) is 0.886. The molecule has 17 heavy (non-hydrogen) atoms. The molecule has 0 aliphatic heterocycles. The van der Waals surface area contributed by atoms with E-state index in [4.69, 9.17) is 5.11 Å². The first kappa shape index (κ1) is 11.5. The fourth-order valence-corrected chi connectivity index (χ4v) is 1.75. The molecule has 0 radical (unpaired) electrons. The first-order valence-corrected chi connectivity index (χ1v) is 5.46. The van der Waals surface area contributed by atoms with Crippen molar-refractivity contribution in [2.24, 2.45) is 0 Å². The van der Waals surface area contributed by atoms with Crippen molar-refractivity contribution in [3.63, 3.8) is 0 Å². The molecule has 0 saturated carbocycles. The second kappa shape index (κ2) is 4.50. The number of carboxylic acid groups (broad SMARTS) is 1. The van der Waals surface area contributed by atoms with Crippen molar-refractivity contribution in [1.29, 1.82) is 0 Å². The SMILES string of the molecule is O=C(O)c1nc(-c2cccc(Br)c2)c[nH]c1=O. The summed E-state index contributed by atoms with van der Waals surface area (Å²) in [7, 11) is 0. The summed E-state index contributed by atoms with van der Waals surface area (Å²) >= 11 is 3.31. The number of aromatic carboxylic acids is 1. The smallest absolute Gasteiger partial charge is 0.360 e. The van der Waals surface area contributed by atoms with E-state index in [0.717, 1.165) is 10.0 Å². The van der Waals surface area contributed by atoms with Gasteiger partial charge in [0.2, 0.25) is 5.69 Å². The third-order valence-corrected chi connectivity index (χ3v) is 2.60. The average Bonchev–Trinajstić information content (AvgIpc) is 2.29. The molecule has 2 N–H and O–H groups in total. The number of halogens is 1. The Labute approximate surface area is 104 Å². The van der Waals surface area contributed by atoms with Gasteiger partial charge in [0.25, 0.3) is 5.56 Å². The zero-order valence-electron chi connectivity index (χ0n) is 8.48. The lowest BCUT2D eigenvalue weighted by atomic mass is 10.1. The predicted octanol–water partition coefficient (Wildman–Crippen LogP) is 1.90. The standard InChI is InChI=1S/C11H7BrN2O3/c12-7-3-1-2-6(4-7)8-5-13-10(15)9(14-8)11(16)17/h1-5H,(H,13,15)(H,16,17). The Morgan fingerprint density at radius 3 is 2.82 bits per heavy atom. The van der Waals surface area contributed by atoms with E-state index in [-0.39, 0.29) is 0 Å². The highest BCUT2D eigenvalue weighted by Crippen LogP contribution is 2.20. The normalized spacial score (nSPS) is 10.2. The lowest BCUT2D eigenvalue weighted by Crippen LogP contribution is -2.19. The lowest BCUT2D eigenvalue weighted by Gasteiger charge is -2.02. The second-order valence-corrected chi connectivity index (χ2v) is 4.19. The maximum atomic E-state index is 11.2. The van der Waals surface area contributed by atoms with Crippen LogP contribution in [0.4, 0.5) is 0 Å². The molecular weight excluding hydrogens is 288 g/mol. The van der Waals surface area contributed by atoms with Gasteiger partial charge in [0.1, 0.15) is 0 Å². The average molecular weight is 295 g/mol. The highest BCUT2D eigenvalue weighted by atomic mass is 79.9. The summed E-state index contributed by atoms with van der Waals surface area (Å²) in [6.07, 6.45) is 1.39. The summed E-state index contributed by atoms with van der Waals surface area (Å²) < 4.78 is 0.847. The Bertz CT molecular complexity index is 637. The van der Waals surface area contributed by atoms with E-state index < -0.39 is 17.2 Å². The zero-order chi connectivity index (χ0) is 12.4. The number of carboxylic acids is 1. The number of benzene rings is 1. The number of rotatable bonds is 2. The van der Waals surface area contributed by atoms with Crippen LogP contribution >= 0.6 is 15.9 Å². The van der Waals surface area contributed by atoms with Gasteiger partial charge < -0.3 is 10.1 Å². The van der Waals surface area contributed by atoms with Gasteiger partial charge in [-0.05, 0) is 12.1 Å². The number of hydrogen-bond donors (Lipinski definition) is 2. The second-order valence-electron chi connectivity index (χ2n) is 3.28. The molecule has 86 valence electrons. The van der Waals surface area contributed by atoms with Gasteiger partial charge in [0, 0.05) is 16.2 Å². The summed E-state index contributed by atoms with van der Waals surface area (Å²) in [6.45, 7) is 0. The summed E-state index contributed by atoms with van der Waals surface area (Å²) in [6, 6.07) is 7.20. The Kier molecular flexibility index (Phi) is 3.06. The fourth-order valence-electron chi connectivity index (χ4n) is 1.35. The van der Waals surface area contributed by atoms with E-state index in [1.165, 1.54) is 6.20 Å². The zero-order valence-corrected chi connectivity index (χ0v) is 10.1. The maximum absolute atomic E-state index is 11.2. The third kappa shape index (κ3) is 2.42. The van der Waals surface area contributed by atoms with Crippen molar-refractivity contribution < 1.29 is 9.90 Å². The van der Waals surface area contributed by atoms with Crippen LogP contribution in [0.2, 0.25) is 0 Å². The first-order valence-electron chi connectivity index (χ1n) is 4.67. The molecule has 0 bridgehead atoms. The van der Waals surface area contributed by atoms with Crippen molar-refractivity contribution in [3.8, 4) is 11.3 Å². The van der Waals surface area contributed by atoms with E-state index in [0.29, 0.717) is 5.69 Å². The van der Waals surface area contributed by atoms with Crippen LogP contribution < -0.4 is 5.56 Å².